The third-order valence-electron chi connectivity index (χ3n) is 3.60. The maximum absolute atomic E-state index is 4.46. The maximum Gasteiger partial charge on any atom is 0.0445 e. The van der Waals surface area contributed by atoms with Crippen molar-refractivity contribution in [3.05, 3.63) is 23.5 Å². The lowest BCUT2D eigenvalue weighted by molar-refractivity contribution is 0.650. The first-order valence-corrected chi connectivity index (χ1v) is 8.91. The molecule has 0 bridgehead atoms. The molecule has 20 heavy (non-hydrogen) atoms. The Labute approximate surface area is 128 Å². The third kappa shape index (κ3) is 4.98. The SMILES string of the molecule is CCCNCc1cnc(C)cc1N(C)C(CC)CSC. The Balaban J connectivity index is 2.91. The number of rotatable bonds is 9. The van der Waals surface area contributed by atoms with Crippen molar-refractivity contribution in [3.8, 4) is 0 Å². The molecule has 1 aromatic rings. The zero-order valence-electron chi connectivity index (χ0n) is 13.6. The van der Waals surface area contributed by atoms with Gasteiger partial charge in [0.15, 0.2) is 0 Å². The Morgan fingerprint density at radius 2 is 2.15 bits per heavy atom. The molecule has 1 N–H and O–H groups in total. The van der Waals surface area contributed by atoms with Crippen LogP contribution in [0.3, 0.4) is 0 Å². The summed E-state index contributed by atoms with van der Waals surface area (Å²) in [5, 5.41) is 3.48. The predicted octanol–water partition coefficient (Wildman–Crippen LogP) is 3.47. The molecule has 0 aliphatic carbocycles. The van der Waals surface area contributed by atoms with Gasteiger partial charge in [0.2, 0.25) is 0 Å². The van der Waals surface area contributed by atoms with E-state index in [4.69, 9.17) is 0 Å². The van der Waals surface area contributed by atoms with Crippen molar-refractivity contribution in [1.29, 1.82) is 0 Å². The molecule has 0 aliphatic heterocycles. The van der Waals surface area contributed by atoms with E-state index >= 15 is 0 Å². The summed E-state index contributed by atoms with van der Waals surface area (Å²) in [6.07, 6.45) is 6.53. The fourth-order valence-corrected chi connectivity index (χ4v) is 3.17. The Kier molecular flexibility index (Phi) is 8.00. The molecular formula is C16H29N3S. The van der Waals surface area contributed by atoms with Crippen molar-refractivity contribution in [1.82, 2.24) is 10.3 Å². The molecule has 114 valence electrons. The summed E-state index contributed by atoms with van der Waals surface area (Å²) in [6.45, 7) is 8.48. The van der Waals surface area contributed by atoms with Gasteiger partial charge in [-0.15, -0.1) is 0 Å². The van der Waals surface area contributed by atoms with Crippen molar-refractivity contribution in [2.75, 3.05) is 30.5 Å². The van der Waals surface area contributed by atoms with Gasteiger partial charge < -0.3 is 10.2 Å². The molecule has 1 atom stereocenters. The summed E-state index contributed by atoms with van der Waals surface area (Å²) in [5.41, 5.74) is 3.71. The summed E-state index contributed by atoms with van der Waals surface area (Å²) in [7, 11) is 2.21. The quantitative estimate of drug-likeness (QED) is 0.706. The highest BCUT2D eigenvalue weighted by molar-refractivity contribution is 7.98. The van der Waals surface area contributed by atoms with E-state index in [1.165, 1.54) is 17.7 Å². The molecule has 0 fully saturated rings. The number of pyridine rings is 1. The maximum atomic E-state index is 4.46. The molecule has 1 rings (SSSR count). The summed E-state index contributed by atoms with van der Waals surface area (Å²) in [4.78, 5) is 6.88. The first kappa shape index (κ1) is 17.3. The average molecular weight is 295 g/mol. The number of aromatic nitrogens is 1. The first-order valence-electron chi connectivity index (χ1n) is 7.52. The zero-order chi connectivity index (χ0) is 15.0. The number of hydrogen-bond acceptors (Lipinski definition) is 4. The second-order valence-corrected chi connectivity index (χ2v) is 6.17. The molecule has 1 unspecified atom stereocenters. The highest BCUT2D eigenvalue weighted by atomic mass is 32.2. The molecule has 0 aromatic carbocycles. The van der Waals surface area contributed by atoms with Crippen LogP contribution in [-0.2, 0) is 6.54 Å². The van der Waals surface area contributed by atoms with Gasteiger partial charge in [-0.25, -0.2) is 0 Å². The van der Waals surface area contributed by atoms with Crippen LogP contribution < -0.4 is 10.2 Å². The van der Waals surface area contributed by atoms with Gasteiger partial charge in [0.25, 0.3) is 0 Å². The van der Waals surface area contributed by atoms with Crippen LogP contribution in [0.5, 0.6) is 0 Å². The van der Waals surface area contributed by atoms with Gasteiger partial charge in [-0.3, -0.25) is 4.98 Å². The van der Waals surface area contributed by atoms with Crippen LogP contribution in [0, 0.1) is 6.92 Å². The molecule has 0 saturated heterocycles. The Morgan fingerprint density at radius 3 is 2.75 bits per heavy atom. The van der Waals surface area contributed by atoms with Crippen molar-refractivity contribution in [2.24, 2.45) is 0 Å². The molecule has 1 heterocycles. The van der Waals surface area contributed by atoms with Crippen LogP contribution in [0.15, 0.2) is 12.3 Å². The Morgan fingerprint density at radius 1 is 1.40 bits per heavy atom. The van der Waals surface area contributed by atoms with Crippen LogP contribution >= 0.6 is 11.8 Å². The normalized spacial score (nSPS) is 12.4. The van der Waals surface area contributed by atoms with E-state index in [-0.39, 0.29) is 0 Å². The second kappa shape index (κ2) is 9.24. The summed E-state index contributed by atoms with van der Waals surface area (Å²) >= 11 is 1.92. The van der Waals surface area contributed by atoms with Crippen molar-refractivity contribution in [2.45, 2.75) is 46.2 Å². The van der Waals surface area contributed by atoms with Crippen LogP contribution in [0.1, 0.15) is 37.9 Å². The van der Waals surface area contributed by atoms with Gasteiger partial charge in [0.05, 0.1) is 0 Å². The molecule has 0 radical (unpaired) electrons. The van der Waals surface area contributed by atoms with Gasteiger partial charge in [-0.2, -0.15) is 11.8 Å². The lowest BCUT2D eigenvalue weighted by atomic mass is 10.1. The Bertz CT molecular complexity index is 395. The van der Waals surface area contributed by atoms with Gasteiger partial charge in [-0.1, -0.05) is 13.8 Å². The minimum Gasteiger partial charge on any atom is -0.370 e. The van der Waals surface area contributed by atoms with Gasteiger partial charge >= 0.3 is 0 Å². The summed E-state index contributed by atoms with van der Waals surface area (Å²) < 4.78 is 0. The van der Waals surface area contributed by atoms with Gasteiger partial charge in [0, 0.05) is 48.5 Å². The molecule has 0 spiro atoms. The minimum atomic E-state index is 0.580. The van der Waals surface area contributed by atoms with Crippen molar-refractivity contribution >= 4 is 17.4 Å². The van der Waals surface area contributed by atoms with E-state index in [9.17, 15) is 0 Å². The third-order valence-corrected chi connectivity index (χ3v) is 4.32. The van der Waals surface area contributed by atoms with Crippen molar-refractivity contribution < 1.29 is 0 Å². The number of nitrogens with zero attached hydrogens (tertiary/aromatic N) is 2. The van der Waals surface area contributed by atoms with Crippen LogP contribution in [0.2, 0.25) is 0 Å². The molecule has 0 saturated carbocycles. The van der Waals surface area contributed by atoms with Gasteiger partial charge in [-0.05, 0) is 38.6 Å². The molecule has 3 nitrogen and oxygen atoms in total. The number of anilines is 1. The van der Waals surface area contributed by atoms with E-state index < -0.39 is 0 Å². The van der Waals surface area contributed by atoms with E-state index in [0.29, 0.717) is 6.04 Å². The molecular weight excluding hydrogens is 266 g/mol. The highest BCUT2D eigenvalue weighted by Crippen LogP contribution is 2.24. The molecule has 0 amide bonds. The average Bonchev–Trinajstić information content (AvgIpc) is 2.45. The zero-order valence-corrected chi connectivity index (χ0v) is 14.4. The van der Waals surface area contributed by atoms with E-state index in [0.717, 1.165) is 31.0 Å². The van der Waals surface area contributed by atoms with Gasteiger partial charge in [0.1, 0.15) is 0 Å². The van der Waals surface area contributed by atoms with Crippen LogP contribution in [0.25, 0.3) is 0 Å². The molecule has 4 heteroatoms. The monoisotopic (exact) mass is 295 g/mol. The summed E-state index contributed by atoms with van der Waals surface area (Å²) in [6, 6.07) is 2.79. The minimum absolute atomic E-state index is 0.580. The predicted molar refractivity (Wildman–Crippen MR) is 91.8 cm³/mol. The van der Waals surface area contributed by atoms with Crippen LogP contribution in [-0.4, -0.2) is 36.6 Å². The lowest BCUT2D eigenvalue weighted by Gasteiger charge is -2.31. The number of thioether (sulfide) groups is 1. The summed E-state index contributed by atoms with van der Waals surface area (Å²) in [5.74, 6) is 1.16. The number of aryl methyl sites for hydroxylation is 1. The number of hydrogen-bond donors (Lipinski definition) is 1. The highest BCUT2D eigenvalue weighted by Gasteiger charge is 2.16. The topological polar surface area (TPSA) is 28.2 Å². The van der Waals surface area contributed by atoms with Crippen molar-refractivity contribution in [3.63, 3.8) is 0 Å². The fourth-order valence-electron chi connectivity index (χ4n) is 2.33. The largest absolute Gasteiger partial charge is 0.370 e. The Hall–Kier alpha value is -0.740. The smallest absolute Gasteiger partial charge is 0.0445 e. The number of nitrogens with one attached hydrogen (secondary N) is 1. The fraction of sp³-hybridized carbons (Fsp3) is 0.688. The van der Waals surface area contributed by atoms with E-state index in [2.05, 4.69) is 55.3 Å². The van der Waals surface area contributed by atoms with E-state index in [1.807, 2.05) is 18.0 Å². The van der Waals surface area contributed by atoms with E-state index in [1.54, 1.807) is 0 Å². The second-order valence-electron chi connectivity index (χ2n) is 5.26. The van der Waals surface area contributed by atoms with Crippen LogP contribution in [0.4, 0.5) is 5.69 Å². The lowest BCUT2D eigenvalue weighted by Crippen LogP contribution is -2.34. The first-order chi connectivity index (χ1) is 9.63. The standard InChI is InChI=1S/C16H29N3S/c1-6-8-17-10-14-11-18-13(3)9-16(14)19(4)15(7-2)12-20-5/h9,11,15,17H,6-8,10,12H2,1-5H3. The molecule has 1 aromatic heterocycles. The molecule has 0 aliphatic rings.